The van der Waals surface area contributed by atoms with E-state index in [-0.39, 0.29) is 5.56 Å². The van der Waals surface area contributed by atoms with E-state index in [9.17, 15) is 90.4 Å². The molecule has 0 saturated carbocycles. The molecule has 0 spiro atoms. The Labute approximate surface area is 572 Å². The third-order valence-electron chi connectivity index (χ3n) is 18.2. The van der Waals surface area contributed by atoms with Crippen LogP contribution in [0.3, 0.4) is 0 Å². The van der Waals surface area contributed by atoms with E-state index in [1.165, 1.54) is 58.3 Å². The van der Waals surface area contributed by atoms with Gasteiger partial charge in [-0.05, 0) is 31.5 Å². The minimum absolute atomic E-state index is 0.0622. The van der Waals surface area contributed by atoms with E-state index < -0.39 is 246 Å². The lowest BCUT2D eigenvalue weighted by atomic mass is 9.93. The lowest BCUT2D eigenvalue weighted by Gasteiger charge is -2.51. The van der Waals surface area contributed by atoms with Crippen LogP contribution < -0.4 is 31.3 Å². The lowest BCUT2D eigenvalue weighted by Crippen LogP contribution is -2.72. The number of hydrogen-bond acceptors (Lipinski definition) is 31. The molecule has 1 aromatic rings. The van der Waals surface area contributed by atoms with E-state index in [0.717, 1.165) is 53.4 Å². The maximum atomic E-state index is 14.0. The summed E-state index contributed by atoms with van der Waals surface area (Å²) < 4.78 is 78.0. The fourth-order valence-corrected chi connectivity index (χ4v) is 13.0. The average Bonchev–Trinajstić information content (AvgIpc) is 0.771. The number of methoxy groups -OCH3 is 1. The molecular formula is C63H103N5O31. The van der Waals surface area contributed by atoms with Crippen molar-refractivity contribution in [3.05, 3.63) is 29.8 Å². The minimum Gasteiger partial charge on any atom is -0.494 e. The van der Waals surface area contributed by atoms with Crippen molar-refractivity contribution in [3.63, 3.8) is 0 Å². The summed E-state index contributed by atoms with van der Waals surface area (Å²) in [7, 11) is 1.21. The van der Waals surface area contributed by atoms with Crippen molar-refractivity contribution in [2.24, 2.45) is 0 Å². The Morgan fingerprint density at radius 3 is 1.27 bits per heavy atom. The fourth-order valence-electron chi connectivity index (χ4n) is 13.0. The van der Waals surface area contributed by atoms with Gasteiger partial charge in [0.05, 0.1) is 45.7 Å². The number of aliphatic hydroxyl groups is 13. The molecule has 5 amide bonds. The van der Waals surface area contributed by atoms with Crippen LogP contribution in [0.2, 0.25) is 0 Å². The van der Waals surface area contributed by atoms with Crippen LogP contribution in [0.25, 0.3) is 0 Å². The largest absolute Gasteiger partial charge is 0.494 e. The highest BCUT2D eigenvalue weighted by molar-refractivity contribution is 5.94. The summed E-state index contributed by atoms with van der Waals surface area (Å²) in [5.41, 5.74) is 0.0622. The van der Waals surface area contributed by atoms with Crippen molar-refractivity contribution < 1.29 is 152 Å². The summed E-state index contributed by atoms with van der Waals surface area (Å²) in [6, 6.07) is -2.38. The second kappa shape index (κ2) is 38.8. The number of nitrogens with one attached hydrogen (secondary N) is 5. The molecule has 36 nitrogen and oxygen atoms in total. The lowest BCUT2D eigenvalue weighted by molar-refractivity contribution is -0.368. The summed E-state index contributed by atoms with van der Waals surface area (Å²) in [6.45, 7) is 3.61. The molecule has 1 aromatic carbocycles. The van der Waals surface area contributed by atoms with Crippen molar-refractivity contribution in [3.8, 4) is 5.75 Å². The summed E-state index contributed by atoms with van der Waals surface area (Å²) >= 11 is 0. The number of carbonyl (C=O) groups is 5. The Morgan fingerprint density at radius 1 is 0.434 bits per heavy atom. The minimum atomic E-state index is -2.06. The third kappa shape index (κ3) is 21.1. The van der Waals surface area contributed by atoms with Crippen LogP contribution in [-0.2, 0) is 76.0 Å². The quantitative estimate of drug-likeness (QED) is 0.0291. The Hall–Kier alpha value is -4.63. The number of hydrogen-bond donors (Lipinski definition) is 18. The van der Waals surface area contributed by atoms with E-state index >= 15 is 0 Å². The zero-order valence-corrected chi connectivity index (χ0v) is 56.4. The average molecular weight is 1430 g/mol. The van der Waals surface area contributed by atoms with Crippen LogP contribution in [0.15, 0.2) is 24.3 Å². The molecule has 99 heavy (non-hydrogen) atoms. The van der Waals surface area contributed by atoms with Crippen molar-refractivity contribution in [1.29, 1.82) is 0 Å². The molecule has 36 heteroatoms. The molecule has 6 aliphatic rings. The van der Waals surface area contributed by atoms with Gasteiger partial charge in [0.15, 0.2) is 37.7 Å². The Bertz CT molecular complexity index is 2680. The van der Waals surface area contributed by atoms with Gasteiger partial charge in [0.25, 0.3) is 5.91 Å². The first-order chi connectivity index (χ1) is 47.2. The van der Waals surface area contributed by atoms with Gasteiger partial charge >= 0.3 is 0 Å². The van der Waals surface area contributed by atoms with Gasteiger partial charge in [-0.3, -0.25) is 24.0 Å². The van der Waals surface area contributed by atoms with E-state index in [1.54, 1.807) is 12.1 Å². The summed E-state index contributed by atoms with van der Waals surface area (Å²) in [5, 5.41) is 159. The fraction of sp³-hybridized carbons (Fsp3) is 0.825. The predicted octanol–water partition coefficient (Wildman–Crippen LogP) is -6.50. The smallest absolute Gasteiger partial charge is 0.251 e. The van der Waals surface area contributed by atoms with E-state index in [4.69, 9.17) is 61.6 Å². The molecule has 30 atom stereocenters. The van der Waals surface area contributed by atoms with E-state index in [1.807, 2.05) is 0 Å². The Morgan fingerprint density at radius 2 is 0.838 bits per heavy atom. The highest BCUT2D eigenvalue weighted by Gasteiger charge is 2.58. The number of rotatable bonds is 33. The maximum Gasteiger partial charge on any atom is 0.251 e. The normalized spacial score (nSPS) is 39.5. The second-order valence-electron chi connectivity index (χ2n) is 25.6. The van der Waals surface area contributed by atoms with Crippen LogP contribution >= 0.6 is 0 Å². The van der Waals surface area contributed by atoms with Gasteiger partial charge in [0, 0.05) is 40.4 Å². The first-order valence-electron chi connectivity index (χ1n) is 33.6. The van der Waals surface area contributed by atoms with Gasteiger partial charge in [-0.2, -0.15) is 0 Å². The molecule has 0 aliphatic carbocycles. The highest BCUT2D eigenvalue weighted by Crippen LogP contribution is 2.37. The van der Waals surface area contributed by atoms with Gasteiger partial charge in [-0.1, -0.05) is 64.4 Å². The van der Waals surface area contributed by atoms with Crippen LogP contribution in [0, 0.1) is 0 Å². The van der Waals surface area contributed by atoms with Gasteiger partial charge in [-0.15, -0.1) is 0 Å². The molecule has 6 saturated heterocycles. The van der Waals surface area contributed by atoms with E-state index in [0.29, 0.717) is 12.4 Å². The van der Waals surface area contributed by atoms with Crippen molar-refractivity contribution in [2.75, 3.05) is 46.8 Å². The molecule has 0 aromatic heterocycles. The predicted molar refractivity (Wildman–Crippen MR) is 333 cm³/mol. The Balaban J connectivity index is 1.07. The molecule has 7 rings (SSSR count). The molecule has 18 N–H and O–H groups in total. The van der Waals surface area contributed by atoms with Crippen LogP contribution in [-0.4, -0.2) is 327 Å². The molecule has 566 valence electrons. The zero-order chi connectivity index (χ0) is 72.5. The SMILES string of the molecule is CCCCCCCCCCCOc1cccc(C(=O)N[C@@H]2C(O[C@H]3C(O)C(NC(C)=O)C(OC4C(CO)OC(O[C@H]5C(O)C(NC(C)=O)C(OC6C(CO[C@@H]7OC(C)C(O)[C@H](O)[C@H]7OC)OC(O)[C@@H](NC(C)=O)[C@H]6O)O[C@H]5CO)[C@@H](NC(C)=O)[C@H]4O)O[C@H]3CO)OC(CO)[C@@H](O)[C@@H]2O)c1. The standard InChI is InChI=1S/C63H103N5O31/c1-8-9-10-11-12-13-14-15-16-20-88-33-19-17-18-32(21-33)57(85)68-40-46(79)45(78)34(22-69)92-59(40)96-52-35(23-70)93-60(41(48(52)81)65-29(4)74)97-53-36(24-71)94-61(42(49(53)82)66-30(5)75)98-54-37(25-72)95-62(43(50(54)83)67-31(6)76)99-55-38(91-58(86)39(47(55)80)64-28(3)73)26-89-63-56(87-7)51(84)44(77)27(2)90-63/h17-19,21,27,34-56,58-63,69-72,77-84,86H,8-16,20,22-26H2,1-7H3,(H,64,73)(H,65,74)(H,66,75)(H,67,76)(H,68,85)/t27?,34?,35-,36?,37-,38?,39-,40-,41?,42-,43?,44?,45+,46+,47+,48?,49+,50?,51-,52+,53?,54+,55?,56+,58?,59?,60?,61?,62?,63+/m0/s1. The molecule has 6 aliphatic heterocycles. The number of amides is 5. The Kier molecular flexibility index (Phi) is 32.0. The third-order valence-corrected chi connectivity index (χ3v) is 18.2. The first kappa shape index (κ1) is 81.7. The molecule has 6 heterocycles. The maximum absolute atomic E-state index is 14.0. The molecule has 0 bridgehead atoms. The van der Waals surface area contributed by atoms with Crippen molar-refractivity contribution in [1.82, 2.24) is 26.6 Å². The monoisotopic (exact) mass is 1430 g/mol. The molecule has 0 radical (unpaired) electrons. The number of aliphatic hydroxyl groups excluding tert-OH is 13. The van der Waals surface area contributed by atoms with Crippen molar-refractivity contribution in [2.45, 2.75) is 283 Å². The van der Waals surface area contributed by atoms with Crippen LogP contribution in [0.4, 0.5) is 0 Å². The molecule has 16 unspecified atom stereocenters. The number of ether oxygens (including phenoxy) is 13. The van der Waals surface area contributed by atoms with Crippen LogP contribution in [0.1, 0.15) is 110 Å². The highest BCUT2D eigenvalue weighted by atomic mass is 16.8. The van der Waals surface area contributed by atoms with Crippen LogP contribution in [0.5, 0.6) is 5.75 Å². The van der Waals surface area contributed by atoms with Gasteiger partial charge in [0.1, 0.15) is 146 Å². The van der Waals surface area contributed by atoms with Gasteiger partial charge < -0.3 is 155 Å². The molecule has 6 fully saturated rings. The summed E-state index contributed by atoms with van der Waals surface area (Å²) in [5.74, 6) is -3.63. The van der Waals surface area contributed by atoms with Crippen molar-refractivity contribution >= 4 is 29.5 Å². The zero-order valence-electron chi connectivity index (χ0n) is 56.4. The second-order valence-corrected chi connectivity index (χ2v) is 25.6. The van der Waals surface area contributed by atoms with Gasteiger partial charge in [-0.25, -0.2) is 0 Å². The summed E-state index contributed by atoms with van der Waals surface area (Å²) in [4.78, 5) is 65.1. The first-order valence-corrected chi connectivity index (χ1v) is 33.6. The molecular weight excluding hydrogens is 1320 g/mol. The van der Waals surface area contributed by atoms with E-state index in [2.05, 4.69) is 33.5 Å². The van der Waals surface area contributed by atoms with Gasteiger partial charge in [0.2, 0.25) is 23.6 Å². The number of unbranched alkanes of at least 4 members (excludes halogenated alkanes) is 8. The number of carbonyl (C=O) groups excluding carboxylic acids is 5. The topological polar surface area (TPSA) is 528 Å². The summed E-state index contributed by atoms with van der Waals surface area (Å²) in [6.07, 6.45) is -33.4. The number of benzene rings is 1.